The Morgan fingerprint density at radius 2 is 1.38 bits per heavy atom. The van der Waals surface area contributed by atoms with Crippen molar-refractivity contribution in [2.45, 2.75) is 63.6 Å². The fraction of sp³-hybridized carbons (Fsp3) is 0.739. The van der Waals surface area contributed by atoms with Crippen LogP contribution in [0.15, 0.2) is 18.2 Å². The smallest absolute Gasteiger partial charge is 0.147 e. The third-order valence-electron chi connectivity index (χ3n) is 5.48. The Balaban J connectivity index is 1.93. The fourth-order valence-corrected chi connectivity index (χ4v) is 4.88. The number of nitrogen functional groups attached to an aromatic ring is 1. The number of hydrogen-bond donors (Lipinski definition) is 1. The predicted octanol–water partition coefficient (Wildman–Crippen LogP) is 4.49. The van der Waals surface area contributed by atoms with Crippen molar-refractivity contribution < 1.29 is 23.7 Å². The van der Waals surface area contributed by atoms with Gasteiger partial charge in [0, 0.05) is 54.2 Å². The van der Waals surface area contributed by atoms with Crippen LogP contribution in [0.1, 0.15) is 0 Å². The van der Waals surface area contributed by atoms with Gasteiger partial charge in [-0.1, -0.05) is 39.3 Å². The van der Waals surface area contributed by atoms with Crippen LogP contribution in [0.4, 0.5) is 11.4 Å². The van der Waals surface area contributed by atoms with E-state index in [4.69, 9.17) is 29.4 Å². The van der Waals surface area contributed by atoms with Crippen molar-refractivity contribution >= 4 is 27.5 Å². The summed E-state index contributed by atoms with van der Waals surface area (Å²) in [6.07, 6.45) is -0.213. The highest BCUT2D eigenvalue weighted by Gasteiger charge is 2.36. The van der Waals surface area contributed by atoms with Crippen molar-refractivity contribution in [3.05, 3.63) is 18.2 Å². The molecule has 2 atom stereocenters. The normalized spacial score (nSPS) is 19.5. The van der Waals surface area contributed by atoms with Crippen LogP contribution in [0.3, 0.4) is 0 Å². The second-order valence-electron chi connectivity index (χ2n) is 10.9. The third kappa shape index (κ3) is 9.80. The van der Waals surface area contributed by atoms with Gasteiger partial charge in [0.25, 0.3) is 0 Å². The lowest BCUT2D eigenvalue weighted by Crippen LogP contribution is -2.32. The number of rotatable bonds is 14. The molecule has 1 aliphatic heterocycles. The Morgan fingerprint density at radius 3 is 1.81 bits per heavy atom. The van der Waals surface area contributed by atoms with Gasteiger partial charge in [-0.05, 0) is 24.2 Å². The number of hydrogen-bond acceptors (Lipinski definition) is 7. The monoisotopic (exact) mass is 484 g/mol. The Hall–Kier alpha value is -1.11. The molecule has 184 valence electrons. The van der Waals surface area contributed by atoms with Gasteiger partial charge >= 0.3 is 0 Å². The number of methoxy groups -OCH3 is 1. The van der Waals surface area contributed by atoms with Gasteiger partial charge in [0.2, 0.25) is 0 Å². The summed E-state index contributed by atoms with van der Waals surface area (Å²) in [5, 5.41) is 0. The molecule has 0 bridgehead atoms. The molecular weight excluding hydrogens is 440 g/mol. The molecule has 1 fully saturated rings. The van der Waals surface area contributed by atoms with Crippen molar-refractivity contribution in [2.24, 2.45) is 0 Å². The summed E-state index contributed by atoms with van der Waals surface area (Å²) < 4.78 is 29.3. The van der Waals surface area contributed by atoms with Crippen LogP contribution in [0.5, 0.6) is 5.75 Å². The highest BCUT2D eigenvalue weighted by molar-refractivity contribution is 6.76. The molecule has 2 unspecified atom stereocenters. The first-order chi connectivity index (χ1) is 15.0. The molecule has 2 rings (SSSR count). The van der Waals surface area contributed by atoms with E-state index in [1.54, 1.807) is 7.11 Å². The molecule has 32 heavy (non-hydrogen) atoms. The first-order valence-corrected chi connectivity index (χ1v) is 19.0. The predicted molar refractivity (Wildman–Crippen MR) is 137 cm³/mol. The van der Waals surface area contributed by atoms with E-state index in [0.717, 1.165) is 36.7 Å². The number of anilines is 2. The number of ether oxygens (including phenoxy) is 5. The van der Waals surface area contributed by atoms with E-state index in [1.165, 1.54) is 0 Å². The second-order valence-corrected chi connectivity index (χ2v) is 22.2. The largest absolute Gasteiger partial charge is 0.495 e. The van der Waals surface area contributed by atoms with E-state index in [-0.39, 0.29) is 25.8 Å². The average Bonchev–Trinajstić information content (AvgIpc) is 3.08. The summed E-state index contributed by atoms with van der Waals surface area (Å²) >= 11 is 0. The van der Waals surface area contributed by atoms with Gasteiger partial charge in [-0.3, -0.25) is 0 Å². The van der Waals surface area contributed by atoms with E-state index in [2.05, 4.69) is 44.2 Å². The van der Waals surface area contributed by atoms with Crippen LogP contribution >= 0.6 is 0 Å². The Kier molecular flexibility index (Phi) is 10.5. The number of nitrogens with zero attached hydrogens (tertiary/aromatic N) is 1. The summed E-state index contributed by atoms with van der Waals surface area (Å²) in [6, 6.07) is 7.98. The molecule has 1 aliphatic rings. The molecule has 0 radical (unpaired) electrons. The lowest BCUT2D eigenvalue weighted by atomic mass is 10.2. The quantitative estimate of drug-likeness (QED) is 0.180. The van der Waals surface area contributed by atoms with Gasteiger partial charge in [-0.15, -0.1) is 0 Å². The number of nitrogens with two attached hydrogens (primary N) is 1. The average molecular weight is 485 g/mol. The maximum Gasteiger partial charge on any atom is 0.147 e. The highest BCUT2D eigenvalue weighted by atomic mass is 28.3. The molecule has 1 aromatic rings. The highest BCUT2D eigenvalue weighted by Crippen LogP contribution is 2.33. The summed E-state index contributed by atoms with van der Waals surface area (Å²) in [5.41, 5.74) is 7.59. The summed E-state index contributed by atoms with van der Waals surface area (Å²) in [6.45, 7) is 17.5. The minimum Gasteiger partial charge on any atom is -0.495 e. The van der Waals surface area contributed by atoms with E-state index < -0.39 is 16.1 Å². The minimum atomic E-state index is -1.11. The van der Waals surface area contributed by atoms with Crippen molar-refractivity contribution in [1.82, 2.24) is 0 Å². The van der Waals surface area contributed by atoms with Crippen molar-refractivity contribution in [2.75, 3.05) is 57.6 Å². The lowest BCUT2D eigenvalue weighted by molar-refractivity contribution is -0.149. The summed E-state index contributed by atoms with van der Waals surface area (Å²) in [7, 11) is -0.564. The Bertz CT molecular complexity index is 662. The van der Waals surface area contributed by atoms with Gasteiger partial charge in [0.15, 0.2) is 0 Å². The number of benzene rings is 1. The van der Waals surface area contributed by atoms with Crippen LogP contribution in [0.25, 0.3) is 0 Å². The Labute approximate surface area is 196 Å². The van der Waals surface area contributed by atoms with Gasteiger partial charge in [0.1, 0.15) is 31.5 Å². The van der Waals surface area contributed by atoms with Crippen LogP contribution in [0, 0.1) is 0 Å². The molecule has 1 saturated heterocycles. The van der Waals surface area contributed by atoms with Crippen LogP contribution in [-0.4, -0.2) is 75.4 Å². The van der Waals surface area contributed by atoms with Crippen LogP contribution in [-0.2, 0) is 18.9 Å². The Morgan fingerprint density at radius 1 is 0.875 bits per heavy atom. The van der Waals surface area contributed by atoms with Crippen LogP contribution < -0.4 is 15.4 Å². The second kappa shape index (κ2) is 12.4. The van der Waals surface area contributed by atoms with Crippen molar-refractivity contribution in [1.29, 1.82) is 0 Å². The molecular formula is C23H44N2O5Si2. The lowest BCUT2D eigenvalue weighted by Gasteiger charge is -2.21. The van der Waals surface area contributed by atoms with E-state index >= 15 is 0 Å². The first-order valence-electron chi connectivity index (χ1n) is 11.6. The van der Waals surface area contributed by atoms with Gasteiger partial charge in [-0.2, -0.15) is 0 Å². The van der Waals surface area contributed by atoms with Crippen molar-refractivity contribution in [3.63, 3.8) is 0 Å². The molecule has 2 N–H and O–H groups in total. The first kappa shape index (κ1) is 27.1. The molecule has 1 aromatic carbocycles. The maximum atomic E-state index is 6.10. The summed E-state index contributed by atoms with van der Waals surface area (Å²) in [4.78, 5) is 2.22. The SMILES string of the molecule is COc1cc(N)ccc1N1CC(OCOCC[Si](C)(C)C)C(OCOCC[Si](C)(C)C)C1. The molecule has 9 heteroatoms. The van der Waals surface area contributed by atoms with Gasteiger partial charge in [-0.25, -0.2) is 0 Å². The minimum absolute atomic E-state index is 0.107. The molecule has 1 heterocycles. The molecule has 0 amide bonds. The zero-order chi connectivity index (χ0) is 23.8. The maximum absolute atomic E-state index is 6.10. The molecule has 0 aliphatic carbocycles. The van der Waals surface area contributed by atoms with E-state index in [0.29, 0.717) is 18.8 Å². The fourth-order valence-electron chi connectivity index (χ4n) is 3.36. The van der Waals surface area contributed by atoms with Gasteiger partial charge in [0.05, 0.1) is 12.8 Å². The van der Waals surface area contributed by atoms with Crippen LogP contribution in [0.2, 0.25) is 51.4 Å². The standard InChI is InChI=1S/C23H44N2O5Si2/c1-26-21-14-19(24)8-9-20(21)25-15-22(29-17-27-10-12-31(2,3)4)23(16-25)30-18-28-11-13-32(5,6)7/h8-9,14,22-23H,10-13,15-18,24H2,1-7H3. The van der Waals surface area contributed by atoms with E-state index in [1.807, 2.05) is 18.2 Å². The summed E-state index contributed by atoms with van der Waals surface area (Å²) in [5.74, 6) is 0.752. The van der Waals surface area contributed by atoms with Crippen molar-refractivity contribution in [3.8, 4) is 5.75 Å². The third-order valence-corrected chi connectivity index (χ3v) is 8.89. The molecule has 7 nitrogen and oxygen atoms in total. The van der Waals surface area contributed by atoms with E-state index in [9.17, 15) is 0 Å². The zero-order valence-electron chi connectivity index (χ0n) is 21.1. The zero-order valence-corrected chi connectivity index (χ0v) is 23.1. The van der Waals surface area contributed by atoms with Gasteiger partial charge < -0.3 is 34.3 Å². The molecule has 0 saturated carbocycles. The topological polar surface area (TPSA) is 75.4 Å². The molecule has 0 aromatic heterocycles. The molecule has 0 spiro atoms.